The molecule has 0 unspecified atom stereocenters. The van der Waals surface area contributed by atoms with Crippen LogP contribution in [0.15, 0.2) is 54.9 Å². The first-order valence-corrected chi connectivity index (χ1v) is 6.81. The molecule has 3 aromatic rings. The van der Waals surface area contributed by atoms with Crippen LogP contribution < -0.4 is 0 Å². The minimum absolute atomic E-state index is 0.579. The standard InChI is InChI=1S/C18H15N3/c1-18(2,19-3)16-12-14(17-20-9-6-10-21-17)11-13-7-4-5-8-15(13)16/h4-12H,1-2H3. The van der Waals surface area contributed by atoms with Crippen LogP contribution in [0.5, 0.6) is 0 Å². The molecule has 3 nitrogen and oxygen atoms in total. The van der Waals surface area contributed by atoms with E-state index in [4.69, 9.17) is 6.57 Å². The van der Waals surface area contributed by atoms with Gasteiger partial charge < -0.3 is 4.85 Å². The van der Waals surface area contributed by atoms with Crippen molar-refractivity contribution in [3.05, 3.63) is 71.8 Å². The number of benzene rings is 2. The van der Waals surface area contributed by atoms with E-state index >= 15 is 0 Å². The van der Waals surface area contributed by atoms with E-state index in [0.29, 0.717) is 5.82 Å². The lowest BCUT2D eigenvalue weighted by Crippen LogP contribution is -2.12. The van der Waals surface area contributed by atoms with Crippen LogP contribution in [0, 0.1) is 6.57 Å². The average Bonchev–Trinajstić information content (AvgIpc) is 2.54. The molecule has 0 bridgehead atoms. The maximum Gasteiger partial charge on any atom is 0.252 e. The van der Waals surface area contributed by atoms with Gasteiger partial charge in [0, 0.05) is 37.4 Å². The highest BCUT2D eigenvalue weighted by atomic mass is 14.9. The summed E-state index contributed by atoms with van der Waals surface area (Å²) in [5.41, 5.74) is 1.38. The maximum absolute atomic E-state index is 7.49. The van der Waals surface area contributed by atoms with E-state index in [9.17, 15) is 0 Å². The quantitative estimate of drug-likeness (QED) is 0.646. The Kier molecular flexibility index (Phi) is 3.15. The van der Waals surface area contributed by atoms with Crippen molar-refractivity contribution in [1.82, 2.24) is 9.97 Å². The monoisotopic (exact) mass is 273 g/mol. The lowest BCUT2D eigenvalue weighted by Gasteiger charge is -2.16. The molecule has 0 fully saturated rings. The molecule has 0 aliphatic carbocycles. The van der Waals surface area contributed by atoms with Gasteiger partial charge in [-0.15, -0.1) is 0 Å². The zero-order chi connectivity index (χ0) is 14.9. The van der Waals surface area contributed by atoms with Crippen LogP contribution in [0.25, 0.3) is 27.0 Å². The zero-order valence-electron chi connectivity index (χ0n) is 12.0. The highest BCUT2D eigenvalue weighted by Gasteiger charge is 2.28. The third-order valence-electron chi connectivity index (χ3n) is 3.62. The van der Waals surface area contributed by atoms with Gasteiger partial charge in [0.15, 0.2) is 5.82 Å². The Morgan fingerprint density at radius 1 is 1.00 bits per heavy atom. The fourth-order valence-electron chi connectivity index (χ4n) is 2.45. The van der Waals surface area contributed by atoms with Crippen molar-refractivity contribution in [2.45, 2.75) is 19.4 Å². The van der Waals surface area contributed by atoms with Gasteiger partial charge in [-0.1, -0.05) is 24.3 Å². The molecule has 0 atom stereocenters. The topological polar surface area (TPSA) is 30.1 Å². The molecular weight excluding hydrogens is 258 g/mol. The van der Waals surface area contributed by atoms with E-state index in [1.54, 1.807) is 18.5 Å². The normalized spacial score (nSPS) is 11.3. The van der Waals surface area contributed by atoms with Crippen molar-refractivity contribution in [1.29, 1.82) is 0 Å². The molecule has 0 saturated carbocycles. The second kappa shape index (κ2) is 4.99. The Morgan fingerprint density at radius 3 is 2.43 bits per heavy atom. The summed E-state index contributed by atoms with van der Waals surface area (Å²) in [6, 6.07) is 14.0. The minimum Gasteiger partial charge on any atom is -0.306 e. The van der Waals surface area contributed by atoms with Crippen LogP contribution in [0.4, 0.5) is 0 Å². The smallest absolute Gasteiger partial charge is 0.252 e. The molecule has 1 aromatic heterocycles. The summed E-state index contributed by atoms with van der Waals surface area (Å²) in [6.07, 6.45) is 3.47. The van der Waals surface area contributed by atoms with E-state index in [2.05, 4.69) is 33.0 Å². The lowest BCUT2D eigenvalue weighted by molar-refractivity contribution is 0.671. The second-order valence-electron chi connectivity index (χ2n) is 5.49. The molecule has 1 heterocycles. The summed E-state index contributed by atoms with van der Waals surface area (Å²) in [5.74, 6) is 0.685. The van der Waals surface area contributed by atoms with Crippen LogP contribution in [0.1, 0.15) is 19.4 Å². The van der Waals surface area contributed by atoms with Gasteiger partial charge in [-0.25, -0.2) is 16.5 Å². The van der Waals surface area contributed by atoms with Crippen molar-refractivity contribution in [3.63, 3.8) is 0 Å². The van der Waals surface area contributed by atoms with Crippen LogP contribution in [0.2, 0.25) is 0 Å². The Hall–Kier alpha value is -2.73. The largest absolute Gasteiger partial charge is 0.306 e. The average molecular weight is 273 g/mol. The first-order chi connectivity index (χ1) is 10.1. The highest BCUT2D eigenvalue weighted by Crippen LogP contribution is 2.34. The Bertz CT molecular complexity index is 830. The van der Waals surface area contributed by atoms with E-state index < -0.39 is 5.54 Å². The summed E-state index contributed by atoms with van der Waals surface area (Å²) < 4.78 is 0. The van der Waals surface area contributed by atoms with Crippen molar-refractivity contribution in [2.75, 3.05) is 0 Å². The van der Waals surface area contributed by atoms with E-state index in [1.165, 1.54) is 0 Å². The summed E-state index contributed by atoms with van der Waals surface area (Å²) in [4.78, 5) is 12.4. The molecule has 2 aromatic carbocycles. The van der Waals surface area contributed by atoms with Gasteiger partial charge in [0.25, 0.3) is 5.54 Å². The van der Waals surface area contributed by atoms with Crippen molar-refractivity contribution < 1.29 is 0 Å². The van der Waals surface area contributed by atoms with Crippen molar-refractivity contribution in [3.8, 4) is 11.4 Å². The fraction of sp³-hybridized carbons (Fsp3) is 0.167. The zero-order valence-corrected chi connectivity index (χ0v) is 12.0. The third-order valence-corrected chi connectivity index (χ3v) is 3.62. The molecule has 0 amide bonds. The van der Waals surface area contributed by atoms with Crippen LogP contribution in [0.3, 0.4) is 0 Å². The van der Waals surface area contributed by atoms with Gasteiger partial charge in [-0.3, -0.25) is 0 Å². The lowest BCUT2D eigenvalue weighted by atomic mass is 9.88. The van der Waals surface area contributed by atoms with Gasteiger partial charge in [0.05, 0.1) is 0 Å². The summed E-state index contributed by atoms with van der Waals surface area (Å²) in [7, 11) is 0. The van der Waals surface area contributed by atoms with Crippen molar-refractivity contribution >= 4 is 10.8 Å². The van der Waals surface area contributed by atoms with E-state index in [1.807, 2.05) is 32.0 Å². The number of hydrogen-bond acceptors (Lipinski definition) is 2. The van der Waals surface area contributed by atoms with E-state index in [-0.39, 0.29) is 0 Å². The minimum atomic E-state index is -0.579. The molecule has 0 aliphatic rings. The number of fused-ring (bicyclic) bond motifs is 1. The number of nitrogens with zero attached hydrogens (tertiary/aromatic N) is 3. The fourth-order valence-corrected chi connectivity index (χ4v) is 2.45. The third kappa shape index (κ3) is 2.36. The second-order valence-corrected chi connectivity index (χ2v) is 5.49. The summed E-state index contributed by atoms with van der Waals surface area (Å²) in [6.45, 7) is 11.4. The molecule has 3 rings (SSSR count). The molecule has 0 aliphatic heterocycles. The SMILES string of the molecule is [C-]#[N+]C(C)(C)c1cc(-c2ncccn2)cc2ccccc12. The molecule has 102 valence electrons. The van der Waals surface area contributed by atoms with E-state index in [0.717, 1.165) is 21.9 Å². The molecule has 0 radical (unpaired) electrons. The van der Waals surface area contributed by atoms with Gasteiger partial charge in [0.2, 0.25) is 0 Å². The van der Waals surface area contributed by atoms with Gasteiger partial charge >= 0.3 is 0 Å². The van der Waals surface area contributed by atoms with Crippen molar-refractivity contribution in [2.24, 2.45) is 0 Å². The van der Waals surface area contributed by atoms with Gasteiger partial charge in [0.1, 0.15) is 0 Å². The number of hydrogen-bond donors (Lipinski definition) is 0. The molecule has 0 saturated heterocycles. The van der Waals surface area contributed by atoms with Gasteiger partial charge in [-0.05, 0) is 29.0 Å². The first-order valence-electron chi connectivity index (χ1n) is 6.81. The highest BCUT2D eigenvalue weighted by molar-refractivity contribution is 5.90. The summed E-state index contributed by atoms with van der Waals surface area (Å²) in [5, 5.41) is 2.22. The Labute approximate surface area is 124 Å². The Morgan fingerprint density at radius 2 is 1.71 bits per heavy atom. The number of rotatable bonds is 2. The number of aromatic nitrogens is 2. The molecule has 0 spiro atoms. The van der Waals surface area contributed by atoms with Crippen LogP contribution in [-0.4, -0.2) is 9.97 Å². The molecule has 3 heteroatoms. The predicted octanol–water partition coefficient (Wildman–Crippen LogP) is 4.45. The van der Waals surface area contributed by atoms with Gasteiger partial charge in [-0.2, -0.15) is 0 Å². The maximum atomic E-state index is 7.49. The molecular formula is C18H15N3. The Balaban J connectivity index is 2.33. The molecule has 21 heavy (non-hydrogen) atoms. The first kappa shape index (κ1) is 13.3. The van der Waals surface area contributed by atoms with Crippen LogP contribution in [-0.2, 0) is 5.54 Å². The molecule has 0 N–H and O–H groups in total. The predicted molar refractivity (Wildman–Crippen MR) is 84.6 cm³/mol. The van der Waals surface area contributed by atoms with Crippen LogP contribution >= 0.6 is 0 Å². The summed E-state index contributed by atoms with van der Waals surface area (Å²) >= 11 is 0.